The number of carbonyl (C=O) groups is 1. The van der Waals surface area contributed by atoms with Crippen LogP contribution in [0.1, 0.15) is 15.9 Å². The molecule has 0 saturated carbocycles. The minimum absolute atomic E-state index is 0.0716. The van der Waals surface area contributed by atoms with Gasteiger partial charge >= 0.3 is 0 Å². The second-order valence-electron chi connectivity index (χ2n) is 3.66. The molecule has 2 aromatic rings. The summed E-state index contributed by atoms with van der Waals surface area (Å²) in [5, 5.41) is 3.16. The Bertz CT molecular complexity index is 566. The van der Waals surface area contributed by atoms with Crippen molar-refractivity contribution in [1.82, 2.24) is 9.97 Å². The molecule has 1 aliphatic heterocycles. The molecule has 4 heteroatoms. The van der Waals surface area contributed by atoms with Gasteiger partial charge < -0.3 is 5.32 Å². The number of anilines is 2. The number of nitrogens with zero attached hydrogens (tertiary/aromatic N) is 2. The highest BCUT2D eigenvalue weighted by Crippen LogP contribution is 2.27. The summed E-state index contributed by atoms with van der Waals surface area (Å²) in [7, 11) is 0. The van der Waals surface area contributed by atoms with Gasteiger partial charge in [0.25, 0.3) is 0 Å². The van der Waals surface area contributed by atoms with Gasteiger partial charge in [0.05, 0.1) is 5.56 Å². The zero-order chi connectivity index (χ0) is 11.0. The molecule has 0 radical (unpaired) electrons. The Hall–Kier alpha value is -2.23. The van der Waals surface area contributed by atoms with Gasteiger partial charge in [-0.2, -0.15) is 0 Å². The first-order chi connectivity index (χ1) is 7.84. The molecule has 2 aromatic heterocycles. The first-order valence-electron chi connectivity index (χ1n) is 5.03. The summed E-state index contributed by atoms with van der Waals surface area (Å²) in [6.07, 6.45) is 5.45. The number of aromatic nitrogens is 2. The highest BCUT2D eigenvalue weighted by Gasteiger charge is 2.19. The van der Waals surface area contributed by atoms with E-state index in [-0.39, 0.29) is 5.78 Å². The zero-order valence-electron chi connectivity index (χ0n) is 8.47. The van der Waals surface area contributed by atoms with Gasteiger partial charge in [0.15, 0.2) is 5.78 Å². The second-order valence-corrected chi connectivity index (χ2v) is 3.66. The molecule has 0 unspecified atom stereocenters. The maximum Gasteiger partial charge on any atom is 0.171 e. The number of pyridine rings is 2. The lowest BCUT2D eigenvalue weighted by Crippen LogP contribution is -2.02. The molecule has 1 aliphatic rings. The highest BCUT2D eigenvalue weighted by atomic mass is 16.1. The monoisotopic (exact) mass is 211 g/mol. The summed E-state index contributed by atoms with van der Waals surface area (Å²) in [5.41, 5.74) is 2.45. The molecule has 0 spiro atoms. The number of ketones is 1. The smallest absolute Gasteiger partial charge is 0.171 e. The van der Waals surface area contributed by atoms with E-state index >= 15 is 0 Å². The number of hydrogen-bond acceptors (Lipinski definition) is 4. The van der Waals surface area contributed by atoms with Crippen molar-refractivity contribution < 1.29 is 4.79 Å². The molecule has 0 fully saturated rings. The van der Waals surface area contributed by atoms with Crippen molar-refractivity contribution >= 4 is 17.3 Å². The van der Waals surface area contributed by atoms with Crippen molar-refractivity contribution in [3.8, 4) is 0 Å². The predicted octanol–water partition coefficient (Wildman–Crippen LogP) is 1.96. The number of hydrogen-bond donors (Lipinski definition) is 1. The summed E-state index contributed by atoms with van der Waals surface area (Å²) in [5.74, 6) is 0.694. The van der Waals surface area contributed by atoms with E-state index < -0.39 is 0 Å². The van der Waals surface area contributed by atoms with Gasteiger partial charge in [-0.1, -0.05) is 0 Å². The van der Waals surface area contributed by atoms with Gasteiger partial charge in [-0.3, -0.25) is 9.78 Å². The van der Waals surface area contributed by atoms with E-state index in [0.717, 1.165) is 11.3 Å². The fraction of sp³-hybridized carbons (Fsp3) is 0.0833. The van der Waals surface area contributed by atoms with Gasteiger partial charge in [0.1, 0.15) is 5.82 Å². The van der Waals surface area contributed by atoms with E-state index in [9.17, 15) is 4.79 Å². The van der Waals surface area contributed by atoms with Crippen LogP contribution in [0.4, 0.5) is 11.5 Å². The van der Waals surface area contributed by atoms with Crippen molar-refractivity contribution in [3.63, 3.8) is 0 Å². The van der Waals surface area contributed by atoms with Crippen LogP contribution in [0.3, 0.4) is 0 Å². The van der Waals surface area contributed by atoms with Crippen LogP contribution < -0.4 is 5.32 Å². The first-order valence-corrected chi connectivity index (χ1v) is 5.03. The summed E-state index contributed by atoms with van der Waals surface area (Å²) in [6, 6.07) is 5.41. The molecule has 0 saturated heterocycles. The molecule has 3 heterocycles. The van der Waals surface area contributed by atoms with Gasteiger partial charge in [-0.15, -0.1) is 0 Å². The van der Waals surface area contributed by atoms with Gasteiger partial charge in [0.2, 0.25) is 0 Å². The maximum absolute atomic E-state index is 12.0. The topological polar surface area (TPSA) is 54.9 Å². The van der Waals surface area contributed by atoms with E-state index in [1.807, 2.05) is 6.07 Å². The Balaban J connectivity index is 2.18. The van der Waals surface area contributed by atoms with E-state index in [0.29, 0.717) is 17.8 Å². The first kappa shape index (κ1) is 9.03. The minimum atomic E-state index is 0.0716. The lowest BCUT2D eigenvalue weighted by Gasteiger charge is -2.06. The summed E-state index contributed by atoms with van der Waals surface area (Å²) in [6.45, 7) is 0. The van der Waals surface area contributed by atoms with Crippen LogP contribution in [0, 0.1) is 0 Å². The van der Waals surface area contributed by atoms with Crippen molar-refractivity contribution in [3.05, 3.63) is 47.9 Å². The van der Waals surface area contributed by atoms with Crippen LogP contribution in [-0.4, -0.2) is 15.8 Å². The van der Waals surface area contributed by atoms with Crippen LogP contribution in [-0.2, 0) is 6.42 Å². The van der Waals surface area contributed by atoms with Crippen LogP contribution in [0.25, 0.3) is 0 Å². The molecule has 3 rings (SSSR count). The Labute approximate surface area is 92.4 Å². The Morgan fingerprint density at radius 1 is 1.25 bits per heavy atom. The number of nitrogens with one attached hydrogen (secondary N) is 1. The van der Waals surface area contributed by atoms with Crippen LogP contribution in [0.2, 0.25) is 0 Å². The molecule has 4 nitrogen and oxygen atoms in total. The third-order valence-corrected chi connectivity index (χ3v) is 2.62. The molecule has 0 atom stereocenters. The Morgan fingerprint density at radius 2 is 2.19 bits per heavy atom. The molecule has 0 aromatic carbocycles. The van der Waals surface area contributed by atoms with Gasteiger partial charge in [-0.25, -0.2) is 4.98 Å². The minimum Gasteiger partial charge on any atom is -0.339 e. The lowest BCUT2D eigenvalue weighted by atomic mass is 10.1. The molecule has 0 aliphatic carbocycles. The normalized spacial score (nSPS) is 13.4. The average molecular weight is 211 g/mol. The number of rotatable bonds is 0. The van der Waals surface area contributed by atoms with Crippen LogP contribution in [0.5, 0.6) is 0 Å². The van der Waals surface area contributed by atoms with Crippen LogP contribution in [0.15, 0.2) is 36.8 Å². The fourth-order valence-corrected chi connectivity index (χ4v) is 1.82. The van der Waals surface area contributed by atoms with E-state index in [1.165, 1.54) is 0 Å². The molecule has 0 amide bonds. The zero-order valence-corrected chi connectivity index (χ0v) is 8.47. The number of fused-ring (bicyclic) bond motifs is 2. The third kappa shape index (κ3) is 1.35. The van der Waals surface area contributed by atoms with Crippen molar-refractivity contribution in [2.45, 2.75) is 6.42 Å². The summed E-state index contributed by atoms with van der Waals surface area (Å²) < 4.78 is 0. The molecule has 16 heavy (non-hydrogen) atoms. The highest BCUT2D eigenvalue weighted by molar-refractivity contribution is 6.04. The second kappa shape index (κ2) is 3.41. The predicted molar refractivity (Wildman–Crippen MR) is 59.8 cm³/mol. The third-order valence-electron chi connectivity index (χ3n) is 2.62. The molecule has 0 bridgehead atoms. The van der Waals surface area contributed by atoms with Crippen LogP contribution >= 0.6 is 0 Å². The SMILES string of the molecule is O=C1Cc2cnccc2Nc2ncccc21. The van der Waals surface area contributed by atoms with E-state index in [4.69, 9.17) is 0 Å². The van der Waals surface area contributed by atoms with Crippen molar-refractivity contribution in [2.24, 2.45) is 0 Å². The molecule has 78 valence electrons. The Kier molecular flexibility index (Phi) is 1.93. The van der Waals surface area contributed by atoms with Crippen molar-refractivity contribution in [1.29, 1.82) is 0 Å². The molecular formula is C12H9N3O. The van der Waals surface area contributed by atoms with Crippen molar-refractivity contribution in [2.75, 3.05) is 5.32 Å². The summed E-state index contributed by atoms with van der Waals surface area (Å²) >= 11 is 0. The largest absolute Gasteiger partial charge is 0.339 e. The number of Topliss-reactive ketones (excluding diaryl/α,β-unsaturated/α-hetero) is 1. The quantitative estimate of drug-likeness (QED) is 0.723. The number of carbonyl (C=O) groups excluding carboxylic acids is 1. The summed E-state index contributed by atoms with van der Waals surface area (Å²) in [4.78, 5) is 20.2. The van der Waals surface area contributed by atoms with E-state index in [2.05, 4.69) is 15.3 Å². The van der Waals surface area contributed by atoms with E-state index in [1.54, 1.807) is 30.7 Å². The molecule has 1 N–H and O–H groups in total. The standard InChI is InChI=1S/C12H9N3O/c16-11-6-8-7-13-5-3-10(8)15-12-9(11)2-1-4-14-12/h1-5,7H,6H2,(H,14,15). The van der Waals surface area contributed by atoms with Gasteiger partial charge in [0, 0.05) is 36.3 Å². The maximum atomic E-state index is 12.0. The molecular weight excluding hydrogens is 202 g/mol. The Morgan fingerprint density at radius 3 is 3.12 bits per heavy atom. The lowest BCUT2D eigenvalue weighted by molar-refractivity contribution is 0.0994. The average Bonchev–Trinajstić information content (AvgIpc) is 2.45. The van der Waals surface area contributed by atoms with Gasteiger partial charge in [-0.05, 0) is 18.2 Å². The fourth-order valence-electron chi connectivity index (χ4n) is 1.82.